The van der Waals surface area contributed by atoms with Crippen molar-refractivity contribution < 1.29 is 21.6 Å². The molecule has 0 fully saturated rings. The Morgan fingerprint density at radius 1 is 1.28 bits per heavy atom. The molecule has 0 spiro atoms. The minimum Gasteiger partial charge on any atom is -0.357 e. The Kier molecular flexibility index (Phi) is 6.93. The number of benzene rings is 1. The summed E-state index contributed by atoms with van der Waals surface area (Å²) in [6.07, 6.45) is -2.08. The fourth-order valence-corrected chi connectivity index (χ4v) is 3.78. The molecular formula is C18H24F3N5O2S. The second-order valence-electron chi connectivity index (χ2n) is 6.60. The first-order valence-electron chi connectivity index (χ1n) is 8.83. The second kappa shape index (κ2) is 8.85. The molecule has 0 bridgehead atoms. The Morgan fingerprint density at radius 3 is 2.52 bits per heavy atom. The molecule has 2 rings (SSSR count). The molecule has 1 aromatic heterocycles. The highest BCUT2D eigenvalue weighted by molar-refractivity contribution is 7.90. The van der Waals surface area contributed by atoms with Gasteiger partial charge in [-0.25, -0.2) is 13.4 Å². The van der Waals surface area contributed by atoms with Crippen LogP contribution in [0.2, 0.25) is 0 Å². The predicted molar refractivity (Wildman–Crippen MR) is 104 cm³/mol. The van der Waals surface area contributed by atoms with E-state index in [2.05, 4.69) is 20.7 Å². The highest BCUT2D eigenvalue weighted by Gasteiger charge is 2.36. The van der Waals surface area contributed by atoms with Gasteiger partial charge >= 0.3 is 6.18 Å². The molecule has 29 heavy (non-hydrogen) atoms. The first-order valence-corrected chi connectivity index (χ1v) is 10.7. The smallest absolute Gasteiger partial charge is 0.357 e. The van der Waals surface area contributed by atoms with Gasteiger partial charge in [0.2, 0.25) is 0 Å². The van der Waals surface area contributed by atoms with E-state index in [1.807, 2.05) is 6.92 Å². The molecule has 0 amide bonds. The van der Waals surface area contributed by atoms with Crippen molar-refractivity contribution in [3.05, 3.63) is 46.8 Å². The van der Waals surface area contributed by atoms with E-state index >= 15 is 0 Å². The van der Waals surface area contributed by atoms with Gasteiger partial charge in [0.05, 0.1) is 11.4 Å². The lowest BCUT2D eigenvalue weighted by molar-refractivity contribution is -0.142. The topological polar surface area (TPSA) is 88.4 Å². The molecule has 1 heterocycles. The Balaban J connectivity index is 2.14. The molecule has 0 saturated carbocycles. The third-order valence-corrected chi connectivity index (χ3v) is 5.28. The van der Waals surface area contributed by atoms with E-state index < -0.39 is 21.7 Å². The van der Waals surface area contributed by atoms with Crippen molar-refractivity contribution in [2.45, 2.75) is 38.0 Å². The van der Waals surface area contributed by atoms with Gasteiger partial charge < -0.3 is 10.6 Å². The summed E-state index contributed by atoms with van der Waals surface area (Å²) < 4.78 is 63.7. The maximum Gasteiger partial charge on any atom is 0.435 e. The summed E-state index contributed by atoms with van der Waals surface area (Å²) in [6, 6.07) is 4.92. The van der Waals surface area contributed by atoms with E-state index in [9.17, 15) is 21.6 Å². The second-order valence-corrected chi connectivity index (χ2v) is 8.58. The molecule has 1 aromatic carbocycles. The fourth-order valence-electron chi connectivity index (χ4n) is 2.82. The zero-order chi connectivity index (χ0) is 21.8. The van der Waals surface area contributed by atoms with Crippen LogP contribution in [0.5, 0.6) is 0 Å². The molecule has 0 atom stereocenters. The third kappa shape index (κ3) is 6.21. The number of aliphatic imine (C=N–C) groups is 1. The van der Waals surface area contributed by atoms with E-state index in [1.165, 1.54) is 19.3 Å². The first kappa shape index (κ1) is 22.7. The van der Waals surface area contributed by atoms with Gasteiger partial charge in [0, 0.05) is 38.2 Å². The average Bonchev–Trinajstić information content (AvgIpc) is 2.97. The van der Waals surface area contributed by atoms with Gasteiger partial charge in [-0.2, -0.15) is 18.3 Å². The third-order valence-electron chi connectivity index (χ3n) is 4.02. The maximum absolute atomic E-state index is 13.1. The Labute approximate surface area is 167 Å². The molecule has 0 aliphatic rings. The number of nitrogens with one attached hydrogen (secondary N) is 2. The van der Waals surface area contributed by atoms with Crippen molar-refractivity contribution in [1.29, 1.82) is 0 Å². The van der Waals surface area contributed by atoms with Gasteiger partial charge in [-0.3, -0.25) is 4.68 Å². The molecule has 0 unspecified atom stereocenters. The molecule has 0 aliphatic carbocycles. The van der Waals surface area contributed by atoms with Crippen LogP contribution in [-0.4, -0.2) is 37.0 Å². The zero-order valence-electron chi connectivity index (χ0n) is 16.6. The van der Waals surface area contributed by atoms with Gasteiger partial charge in [0.15, 0.2) is 21.5 Å². The number of aryl methyl sites for hydroxylation is 2. The molecule has 7 nitrogen and oxygen atoms in total. The average molecular weight is 431 g/mol. The van der Waals surface area contributed by atoms with Gasteiger partial charge in [-0.15, -0.1) is 0 Å². The van der Waals surface area contributed by atoms with Crippen LogP contribution in [0.3, 0.4) is 0 Å². The molecule has 2 N–H and O–H groups in total. The largest absolute Gasteiger partial charge is 0.435 e. The van der Waals surface area contributed by atoms with Crippen LogP contribution in [0.4, 0.5) is 13.2 Å². The summed E-state index contributed by atoms with van der Waals surface area (Å²) >= 11 is 0. The molecule has 0 saturated heterocycles. The van der Waals surface area contributed by atoms with Crippen molar-refractivity contribution in [1.82, 2.24) is 20.4 Å². The molecule has 2 aromatic rings. The number of nitrogens with zero attached hydrogens (tertiary/aromatic N) is 3. The highest BCUT2D eigenvalue weighted by Crippen LogP contribution is 2.30. The number of guanidine groups is 1. The number of hydrogen-bond acceptors (Lipinski definition) is 4. The van der Waals surface area contributed by atoms with E-state index in [-0.39, 0.29) is 23.5 Å². The monoisotopic (exact) mass is 431 g/mol. The predicted octanol–water partition coefficient (Wildman–Crippen LogP) is 2.41. The van der Waals surface area contributed by atoms with Gasteiger partial charge in [0.25, 0.3) is 0 Å². The van der Waals surface area contributed by atoms with E-state index in [0.29, 0.717) is 18.1 Å². The fraction of sp³-hybridized carbons (Fsp3) is 0.444. The lowest BCUT2D eigenvalue weighted by atomic mass is 10.1. The molecular weight excluding hydrogens is 407 g/mol. The zero-order valence-corrected chi connectivity index (χ0v) is 17.4. The van der Waals surface area contributed by atoms with Crippen LogP contribution in [0, 0.1) is 6.92 Å². The van der Waals surface area contributed by atoms with Crippen LogP contribution < -0.4 is 10.6 Å². The molecule has 0 aliphatic heterocycles. The highest BCUT2D eigenvalue weighted by atomic mass is 32.2. The molecule has 160 valence electrons. The van der Waals surface area contributed by atoms with Crippen LogP contribution in [0.15, 0.2) is 34.3 Å². The summed E-state index contributed by atoms with van der Waals surface area (Å²) in [7, 11) is -1.87. The van der Waals surface area contributed by atoms with Crippen LogP contribution in [0.1, 0.15) is 29.3 Å². The van der Waals surface area contributed by atoms with Crippen LogP contribution in [-0.2, 0) is 36.2 Å². The SMILES string of the molecule is CCNC(=NCc1ccc(S(C)(=O)=O)c(C)c1)NCc1cn(C)nc1C(F)(F)F. The maximum atomic E-state index is 13.1. The van der Waals surface area contributed by atoms with Crippen molar-refractivity contribution in [3.63, 3.8) is 0 Å². The van der Waals surface area contributed by atoms with Crippen molar-refractivity contribution in [2.24, 2.45) is 12.0 Å². The minimum absolute atomic E-state index is 0.0129. The number of rotatable bonds is 6. The quantitative estimate of drug-likeness (QED) is 0.542. The molecule has 0 radical (unpaired) electrons. The lowest BCUT2D eigenvalue weighted by Gasteiger charge is -2.12. The lowest BCUT2D eigenvalue weighted by Crippen LogP contribution is -2.37. The van der Waals surface area contributed by atoms with Crippen LogP contribution >= 0.6 is 0 Å². The van der Waals surface area contributed by atoms with Crippen molar-refractivity contribution in [2.75, 3.05) is 12.8 Å². The summed E-state index contributed by atoms with van der Waals surface area (Å²) in [5.41, 5.74) is 0.474. The van der Waals surface area contributed by atoms with Crippen molar-refractivity contribution >= 4 is 15.8 Å². The van der Waals surface area contributed by atoms with E-state index in [0.717, 1.165) is 16.5 Å². The number of aromatic nitrogens is 2. The Hall–Kier alpha value is -2.56. The normalized spacial score (nSPS) is 12.9. The number of alkyl halides is 3. The summed E-state index contributed by atoms with van der Waals surface area (Å²) in [4.78, 5) is 4.62. The first-order chi connectivity index (χ1) is 13.4. The van der Waals surface area contributed by atoms with Gasteiger partial charge in [0.1, 0.15) is 0 Å². The van der Waals surface area contributed by atoms with Crippen LogP contribution in [0.25, 0.3) is 0 Å². The number of hydrogen-bond donors (Lipinski definition) is 2. The van der Waals surface area contributed by atoms with Crippen molar-refractivity contribution in [3.8, 4) is 0 Å². The van der Waals surface area contributed by atoms with E-state index in [1.54, 1.807) is 19.1 Å². The number of sulfone groups is 1. The number of halogens is 3. The molecule has 11 heteroatoms. The van der Waals surface area contributed by atoms with Gasteiger partial charge in [-0.05, 0) is 31.0 Å². The Bertz CT molecular complexity index is 997. The van der Waals surface area contributed by atoms with Gasteiger partial charge in [-0.1, -0.05) is 12.1 Å². The summed E-state index contributed by atoms with van der Waals surface area (Å²) in [6.45, 7) is 4.21. The Morgan fingerprint density at radius 2 is 1.97 bits per heavy atom. The van der Waals surface area contributed by atoms with E-state index in [4.69, 9.17) is 0 Å². The summed E-state index contributed by atoms with van der Waals surface area (Å²) in [5.74, 6) is 0.342. The minimum atomic E-state index is -4.54. The summed E-state index contributed by atoms with van der Waals surface area (Å²) in [5, 5.41) is 9.33. The standard InChI is InChI=1S/C18H24F3N5O2S/c1-5-22-17(24-10-14-11-26(3)25-16(14)18(19,20)21)23-9-13-6-7-15(12(2)8-13)29(4,27)28/h6-8,11H,5,9-10H2,1-4H3,(H2,22,23,24).